The second-order valence-electron chi connectivity index (χ2n) is 7.23. The first kappa shape index (κ1) is 24.0. The van der Waals surface area contributed by atoms with Crippen LogP contribution in [0.2, 0.25) is 5.02 Å². The van der Waals surface area contributed by atoms with E-state index in [9.17, 15) is 9.59 Å². The van der Waals surface area contributed by atoms with Gasteiger partial charge >= 0.3 is 6.03 Å². The minimum Gasteiger partial charge on any atom is -0.487 e. The first-order valence-corrected chi connectivity index (χ1v) is 12.5. The number of ether oxygens (including phenoxy) is 1. The van der Waals surface area contributed by atoms with Crippen LogP contribution in [-0.2, 0) is 17.9 Å². The van der Waals surface area contributed by atoms with Crippen LogP contribution < -0.4 is 10.1 Å². The van der Waals surface area contributed by atoms with Crippen molar-refractivity contribution in [2.75, 3.05) is 0 Å². The van der Waals surface area contributed by atoms with E-state index in [1.54, 1.807) is 6.08 Å². The van der Waals surface area contributed by atoms with E-state index in [2.05, 4.69) is 53.1 Å². The van der Waals surface area contributed by atoms with Gasteiger partial charge in [0.2, 0.25) is 0 Å². The van der Waals surface area contributed by atoms with Gasteiger partial charge in [0.15, 0.2) is 0 Å². The third-order valence-electron chi connectivity index (χ3n) is 4.84. The third kappa shape index (κ3) is 5.87. The molecule has 0 aliphatic carbocycles. The SMILES string of the molecule is O=C1N/C(=C/c2cc(Br)c(OCc3ccc(Cl)cc3)c(Br)c2)C(=O)N1Cc1ccc(Br)cc1. The van der Waals surface area contributed by atoms with Crippen molar-refractivity contribution in [3.63, 3.8) is 0 Å². The predicted molar refractivity (Wildman–Crippen MR) is 139 cm³/mol. The van der Waals surface area contributed by atoms with Crippen LogP contribution in [0.4, 0.5) is 4.79 Å². The summed E-state index contributed by atoms with van der Waals surface area (Å²) in [7, 11) is 0. The van der Waals surface area contributed by atoms with Gasteiger partial charge in [0, 0.05) is 9.50 Å². The van der Waals surface area contributed by atoms with Crippen molar-refractivity contribution in [2.24, 2.45) is 0 Å². The standard InChI is InChI=1S/C24H16Br3ClN2O3/c25-17-5-1-14(2-6-17)12-30-23(31)21(29-24(30)32)11-16-9-19(26)22(20(27)10-16)33-13-15-3-7-18(28)8-4-15/h1-11H,12-13H2,(H,29,32)/b21-11+. The number of nitrogens with zero attached hydrogens (tertiary/aromatic N) is 1. The number of hydrogen-bond acceptors (Lipinski definition) is 3. The molecule has 1 N–H and O–H groups in total. The van der Waals surface area contributed by atoms with Crippen LogP contribution in [0.5, 0.6) is 5.75 Å². The van der Waals surface area contributed by atoms with E-state index in [0.29, 0.717) is 26.3 Å². The number of hydrogen-bond donors (Lipinski definition) is 1. The molecule has 0 radical (unpaired) electrons. The van der Waals surface area contributed by atoms with Crippen LogP contribution in [0.1, 0.15) is 16.7 Å². The molecule has 9 heteroatoms. The van der Waals surface area contributed by atoms with Gasteiger partial charge in [0.05, 0.1) is 15.5 Å². The molecule has 33 heavy (non-hydrogen) atoms. The maximum atomic E-state index is 12.8. The van der Waals surface area contributed by atoms with Crippen LogP contribution in [-0.4, -0.2) is 16.8 Å². The summed E-state index contributed by atoms with van der Waals surface area (Å²) in [6, 6.07) is 18.1. The van der Waals surface area contributed by atoms with Gasteiger partial charge in [-0.3, -0.25) is 9.69 Å². The zero-order valence-electron chi connectivity index (χ0n) is 16.9. The molecule has 1 saturated heterocycles. The second kappa shape index (κ2) is 10.4. The van der Waals surface area contributed by atoms with E-state index in [4.69, 9.17) is 16.3 Å². The van der Waals surface area contributed by atoms with Gasteiger partial charge in [-0.1, -0.05) is 51.8 Å². The lowest BCUT2D eigenvalue weighted by atomic mass is 10.1. The van der Waals surface area contributed by atoms with E-state index >= 15 is 0 Å². The molecule has 168 valence electrons. The summed E-state index contributed by atoms with van der Waals surface area (Å²) in [4.78, 5) is 26.4. The number of carbonyl (C=O) groups excluding carboxylic acids is 2. The molecular weight excluding hydrogens is 639 g/mol. The number of nitrogens with one attached hydrogen (secondary N) is 1. The molecule has 0 unspecified atom stereocenters. The lowest BCUT2D eigenvalue weighted by molar-refractivity contribution is -0.123. The summed E-state index contributed by atoms with van der Waals surface area (Å²) in [5.41, 5.74) is 2.78. The van der Waals surface area contributed by atoms with Gasteiger partial charge < -0.3 is 10.1 Å². The molecule has 0 saturated carbocycles. The van der Waals surface area contributed by atoms with Crippen LogP contribution in [0.3, 0.4) is 0 Å². The average Bonchev–Trinajstić information content (AvgIpc) is 3.03. The van der Waals surface area contributed by atoms with Gasteiger partial charge in [-0.25, -0.2) is 4.79 Å². The van der Waals surface area contributed by atoms with Crippen LogP contribution in [0.15, 0.2) is 79.8 Å². The van der Waals surface area contributed by atoms with Crippen molar-refractivity contribution in [3.8, 4) is 5.75 Å². The minimum atomic E-state index is -0.449. The Morgan fingerprint density at radius 3 is 2.15 bits per heavy atom. The van der Waals surface area contributed by atoms with E-state index in [1.165, 1.54) is 4.90 Å². The lowest BCUT2D eigenvalue weighted by Gasteiger charge is -2.12. The van der Waals surface area contributed by atoms with E-state index < -0.39 is 6.03 Å². The number of carbonyl (C=O) groups is 2. The molecule has 0 spiro atoms. The zero-order chi connectivity index (χ0) is 23.5. The minimum absolute atomic E-state index is 0.195. The second-order valence-corrected chi connectivity index (χ2v) is 10.3. The topological polar surface area (TPSA) is 58.6 Å². The third-order valence-corrected chi connectivity index (χ3v) is 6.80. The van der Waals surface area contributed by atoms with E-state index in [0.717, 1.165) is 21.2 Å². The maximum absolute atomic E-state index is 12.8. The van der Waals surface area contributed by atoms with Crippen molar-refractivity contribution in [1.82, 2.24) is 10.2 Å². The van der Waals surface area contributed by atoms with Gasteiger partial charge in [0.1, 0.15) is 18.1 Å². The zero-order valence-corrected chi connectivity index (χ0v) is 22.5. The van der Waals surface area contributed by atoms with Crippen molar-refractivity contribution in [3.05, 3.63) is 101 Å². The smallest absolute Gasteiger partial charge is 0.329 e. The molecule has 5 nitrogen and oxygen atoms in total. The Morgan fingerprint density at radius 2 is 1.52 bits per heavy atom. The summed E-state index contributed by atoms with van der Waals surface area (Å²) >= 11 is 16.4. The summed E-state index contributed by atoms with van der Waals surface area (Å²) in [5, 5.41) is 3.32. The number of benzene rings is 3. The molecule has 1 aliphatic rings. The first-order chi connectivity index (χ1) is 15.8. The quantitative estimate of drug-likeness (QED) is 0.224. The van der Waals surface area contributed by atoms with E-state index in [-0.39, 0.29) is 18.1 Å². The highest BCUT2D eigenvalue weighted by Crippen LogP contribution is 2.36. The fourth-order valence-electron chi connectivity index (χ4n) is 3.19. The Bertz CT molecular complexity index is 1220. The summed E-state index contributed by atoms with van der Waals surface area (Å²) in [6.45, 7) is 0.564. The number of urea groups is 1. The summed E-state index contributed by atoms with van der Waals surface area (Å²) in [5.74, 6) is 0.254. The Hall–Kier alpha value is -2.13. The van der Waals surface area contributed by atoms with Crippen LogP contribution in [0, 0.1) is 0 Å². The fraction of sp³-hybridized carbons (Fsp3) is 0.0833. The highest BCUT2D eigenvalue weighted by atomic mass is 79.9. The van der Waals surface area contributed by atoms with Crippen molar-refractivity contribution >= 4 is 77.4 Å². The van der Waals surface area contributed by atoms with E-state index in [1.807, 2.05) is 60.7 Å². The summed E-state index contributed by atoms with van der Waals surface area (Å²) in [6.07, 6.45) is 1.64. The summed E-state index contributed by atoms with van der Waals surface area (Å²) < 4.78 is 8.29. The molecule has 3 aromatic carbocycles. The number of halogens is 4. The van der Waals surface area contributed by atoms with Crippen molar-refractivity contribution < 1.29 is 14.3 Å². The number of imide groups is 1. The van der Waals surface area contributed by atoms with Gasteiger partial charge in [-0.15, -0.1) is 0 Å². The highest BCUT2D eigenvalue weighted by Gasteiger charge is 2.33. The number of amides is 3. The molecule has 0 atom stereocenters. The molecule has 3 amide bonds. The fourth-order valence-corrected chi connectivity index (χ4v) is 5.03. The monoisotopic (exact) mass is 652 g/mol. The molecule has 1 aliphatic heterocycles. The van der Waals surface area contributed by atoms with Crippen molar-refractivity contribution in [1.29, 1.82) is 0 Å². The van der Waals surface area contributed by atoms with Crippen LogP contribution >= 0.6 is 59.4 Å². The Labute approximate surface area is 221 Å². The molecule has 4 rings (SSSR count). The largest absolute Gasteiger partial charge is 0.487 e. The predicted octanol–water partition coefficient (Wildman–Crippen LogP) is 7.30. The normalized spacial score (nSPS) is 14.7. The Balaban J connectivity index is 1.49. The van der Waals surface area contributed by atoms with Crippen LogP contribution in [0.25, 0.3) is 6.08 Å². The van der Waals surface area contributed by atoms with Crippen molar-refractivity contribution in [2.45, 2.75) is 13.2 Å². The molecule has 3 aromatic rings. The number of rotatable bonds is 6. The molecule has 1 heterocycles. The molecule has 0 bridgehead atoms. The highest BCUT2D eigenvalue weighted by molar-refractivity contribution is 9.11. The van der Waals surface area contributed by atoms with Gasteiger partial charge in [0.25, 0.3) is 5.91 Å². The maximum Gasteiger partial charge on any atom is 0.329 e. The van der Waals surface area contributed by atoms with Gasteiger partial charge in [-0.05, 0) is 91.0 Å². The van der Waals surface area contributed by atoms with Gasteiger partial charge in [-0.2, -0.15) is 0 Å². The Kier molecular flexibility index (Phi) is 7.58. The first-order valence-electron chi connectivity index (χ1n) is 9.75. The molecular formula is C24H16Br3ClN2O3. The molecule has 0 aromatic heterocycles. The lowest BCUT2D eigenvalue weighted by Crippen LogP contribution is -2.30. The molecule has 1 fully saturated rings. The average molecular weight is 656 g/mol. The Morgan fingerprint density at radius 1 is 0.909 bits per heavy atom.